The molecule has 2 heteroatoms. The fourth-order valence-electron chi connectivity index (χ4n) is 3.07. The molecule has 1 aromatic carbocycles. The van der Waals surface area contributed by atoms with E-state index in [1.165, 1.54) is 42.6 Å². The van der Waals surface area contributed by atoms with Gasteiger partial charge in [0.25, 0.3) is 0 Å². The Balaban J connectivity index is 2.08. The Morgan fingerprint density at radius 3 is 2.39 bits per heavy atom. The van der Waals surface area contributed by atoms with Gasteiger partial charge in [0.05, 0.1) is 0 Å². The molecule has 1 saturated heterocycles. The van der Waals surface area contributed by atoms with Crippen LogP contribution in [-0.2, 0) is 0 Å². The molecule has 1 fully saturated rings. The van der Waals surface area contributed by atoms with Gasteiger partial charge in [-0.1, -0.05) is 12.1 Å². The summed E-state index contributed by atoms with van der Waals surface area (Å²) in [6, 6.07) is 4.63. The van der Waals surface area contributed by atoms with Crippen molar-refractivity contribution in [2.24, 2.45) is 5.73 Å². The fraction of sp³-hybridized carbons (Fsp3) is 0.625. The molecule has 1 heterocycles. The molecule has 18 heavy (non-hydrogen) atoms. The molecule has 0 aliphatic carbocycles. The highest BCUT2D eigenvalue weighted by Crippen LogP contribution is 2.32. The highest BCUT2D eigenvalue weighted by Gasteiger charge is 2.21. The third-order valence-corrected chi connectivity index (χ3v) is 4.57. The van der Waals surface area contributed by atoms with Crippen LogP contribution in [0.25, 0.3) is 0 Å². The van der Waals surface area contributed by atoms with Crippen LogP contribution < -0.4 is 5.73 Å². The topological polar surface area (TPSA) is 29.3 Å². The number of likely N-dealkylation sites (tertiary alicyclic amines) is 1. The van der Waals surface area contributed by atoms with Crippen molar-refractivity contribution in [1.82, 2.24) is 4.90 Å². The van der Waals surface area contributed by atoms with E-state index in [4.69, 9.17) is 5.73 Å². The monoisotopic (exact) mass is 246 g/mol. The summed E-state index contributed by atoms with van der Waals surface area (Å²) in [5, 5.41) is 0. The van der Waals surface area contributed by atoms with Crippen LogP contribution in [0.3, 0.4) is 0 Å². The van der Waals surface area contributed by atoms with Gasteiger partial charge in [0, 0.05) is 13.1 Å². The maximum Gasteiger partial charge on any atom is 0.0105 e. The van der Waals surface area contributed by atoms with Crippen LogP contribution >= 0.6 is 0 Å². The van der Waals surface area contributed by atoms with Crippen molar-refractivity contribution < 1.29 is 0 Å². The van der Waals surface area contributed by atoms with E-state index in [0.29, 0.717) is 0 Å². The molecule has 2 rings (SSSR count). The molecule has 1 aliphatic rings. The minimum absolute atomic E-state index is 0.748. The smallest absolute Gasteiger partial charge is 0.0105 e. The number of hydrogen-bond donors (Lipinski definition) is 1. The summed E-state index contributed by atoms with van der Waals surface area (Å²) in [6.45, 7) is 11.0. The number of hydrogen-bond acceptors (Lipinski definition) is 2. The maximum absolute atomic E-state index is 5.62. The van der Waals surface area contributed by atoms with Crippen molar-refractivity contribution in [3.8, 4) is 0 Å². The minimum atomic E-state index is 0.748. The van der Waals surface area contributed by atoms with Crippen LogP contribution in [0.15, 0.2) is 12.1 Å². The summed E-state index contributed by atoms with van der Waals surface area (Å²) in [7, 11) is 0. The van der Waals surface area contributed by atoms with E-state index in [0.717, 1.165) is 19.0 Å². The first-order valence-corrected chi connectivity index (χ1v) is 7.12. The van der Waals surface area contributed by atoms with Gasteiger partial charge in [0.15, 0.2) is 0 Å². The molecule has 1 aromatic rings. The Hall–Kier alpha value is -0.860. The van der Waals surface area contributed by atoms with E-state index in [1.54, 1.807) is 5.56 Å². The zero-order chi connectivity index (χ0) is 13.1. The average molecular weight is 246 g/mol. The van der Waals surface area contributed by atoms with Crippen molar-refractivity contribution in [3.05, 3.63) is 34.4 Å². The van der Waals surface area contributed by atoms with Gasteiger partial charge in [0.1, 0.15) is 0 Å². The van der Waals surface area contributed by atoms with Gasteiger partial charge >= 0.3 is 0 Å². The van der Waals surface area contributed by atoms with E-state index < -0.39 is 0 Å². The summed E-state index contributed by atoms with van der Waals surface area (Å²) in [6.07, 6.45) is 2.56. The number of benzene rings is 1. The van der Waals surface area contributed by atoms with Gasteiger partial charge in [-0.3, -0.25) is 0 Å². The number of aryl methyl sites for hydroxylation is 1. The molecule has 0 radical (unpaired) electrons. The third kappa shape index (κ3) is 2.76. The second-order valence-corrected chi connectivity index (χ2v) is 5.63. The molecule has 2 N–H and O–H groups in total. The van der Waals surface area contributed by atoms with Gasteiger partial charge in [-0.05, 0) is 74.9 Å². The van der Waals surface area contributed by atoms with E-state index in [1.807, 2.05) is 0 Å². The molecule has 1 aliphatic heterocycles. The summed E-state index contributed by atoms with van der Waals surface area (Å²) >= 11 is 0. The zero-order valence-electron chi connectivity index (χ0n) is 12.0. The first-order chi connectivity index (χ1) is 8.63. The lowest BCUT2D eigenvalue weighted by atomic mass is 9.84. The van der Waals surface area contributed by atoms with Crippen LogP contribution in [0.4, 0.5) is 0 Å². The van der Waals surface area contributed by atoms with Gasteiger partial charge in [0.2, 0.25) is 0 Å². The predicted molar refractivity (Wildman–Crippen MR) is 78.1 cm³/mol. The first kappa shape index (κ1) is 13.6. The third-order valence-electron chi connectivity index (χ3n) is 4.57. The van der Waals surface area contributed by atoms with Crippen molar-refractivity contribution in [2.45, 2.75) is 39.5 Å². The van der Waals surface area contributed by atoms with Gasteiger partial charge in [-0.25, -0.2) is 0 Å². The van der Waals surface area contributed by atoms with E-state index in [9.17, 15) is 0 Å². The number of nitrogens with zero attached hydrogens (tertiary/aromatic N) is 1. The quantitative estimate of drug-likeness (QED) is 0.888. The zero-order valence-corrected chi connectivity index (χ0v) is 12.0. The summed E-state index contributed by atoms with van der Waals surface area (Å²) in [5.41, 5.74) is 11.6. The Labute approximate surface area is 111 Å². The van der Waals surface area contributed by atoms with Crippen molar-refractivity contribution in [2.75, 3.05) is 26.2 Å². The Bertz CT molecular complexity index is 404. The summed E-state index contributed by atoms with van der Waals surface area (Å²) < 4.78 is 0. The fourth-order valence-corrected chi connectivity index (χ4v) is 3.07. The van der Waals surface area contributed by atoms with Gasteiger partial charge in [-0.2, -0.15) is 0 Å². The van der Waals surface area contributed by atoms with Crippen LogP contribution in [0.1, 0.15) is 41.0 Å². The Kier molecular flexibility index (Phi) is 4.41. The lowest BCUT2D eigenvalue weighted by molar-refractivity contribution is 0.217. The molecule has 0 atom stereocenters. The first-order valence-electron chi connectivity index (χ1n) is 7.12. The van der Waals surface area contributed by atoms with Crippen molar-refractivity contribution >= 4 is 0 Å². The second-order valence-electron chi connectivity index (χ2n) is 5.63. The molecule has 0 amide bonds. The highest BCUT2D eigenvalue weighted by molar-refractivity contribution is 5.40. The highest BCUT2D eigenvalue weighted by atomic mass is 15.1. The second kappa shape index (κ2) is 5.85. The Morgan fingerprint density at radius 1 is 1.11 bits per heavy atom. The molecule has 2 nitrogen and oxygen atoms in total. The normalized spacial score (nSPS) is 18.2. The van der Waals surface area contributed by atoms with Crippen molar-refractivity contribution in [3.63, 3.8) is 0 Å². The number of piperidine rings is 1. The lowest BCUT2D eigenvalue weighted by Crippen LogP contribution is -2.36. The molecule has 0 bridgehead atoms. The number of nitrogens with two attached hydrogens (primary N) is 1. The van der Waals surface area contributed by atoms with Crippen LogP contribution in [0, 0.1) is 20.8 Å². The predicted octanol–water partition coefficient (Wildman–Crippen LogP) is 2.75. The van der Waals surface area contributed by atoms with Gasteiger partial charge < -0.3 is 10.6 Å². The van der Waals surface area contributed by atoms with Crippen molar-refractivity contribution in [1.29, 1.82) is 0 Å². The Morgan fingerprint density at radius 2 is 1.78 bits per heavy atom. The lowest BCUT2D eigenvalue weighted by Gasteiger charge is -2.32. The molecule has 100 valence electrons. The number of rotatable bonds is 3. The maximum atomic E-state index is 5.62. The van der Waals surface area contributed by atoms with E-state index in [-0.39, 0.29) is 0 Å². The molecule has 0 unspecified atom stereocenters. The standard InChI is InChI=1S/C16H26N2/c1-12-4-5-16(14(3)13(12)2)15-6-9-18(10-7-15)11-8-17/h4-5,15H,6-11,17H2,1-3H3. The molecule has 0 spiro atoms. The summed E-state index contributed by atoms with van der Waals surface area (Å²) in [5.74, 6) is 0.748. The molecule has 0 saturated carbocycles. The molecular formula is C16H26N2. The molecule has 0 aromatic heterocycles. The van der Waals surface area contributed by atoms with Crippen LogP contribution in [-0.4, -0.2) is 31.1 Å². The minimum Gasteiger partial charge on any atom is -0.329 e. The molecular weight excluding hydrogens is 220 g/mol. The van der Waals surface area contributed by atoms with E-state index in [2.05, 4.69) is 37.8 Å². The van der Waals surface area contributed by atoms with E-state index >= 15 is 0 Å². The summed E-state index contributed by atoms with van der Waals surface area (Å²) in [4.78, 5) is 2.49. The van der Waals surface area contributed by atoms with Gasteiger partial charge in [-0.15, -0.1) is 0 Å². The largest absolute Gasteiger partial charge is 0.329 e. The SMILES string of the molecule is Cc1ccc(C2CCN(CCN)CC2)c(C)c1C. The average Bonchev–Trinajstić information content (AvgIpc) is 2.38. The van der Waals surface area contributed by atoms with Crippen LogP contribution in [0.5, 0.6) is 0 Å². The van der Waals surface area contributed by atoms with Crippen LogP contribution in [0.2, 0.25) is 0 Å².